The summed E-state index contributed by atoms with van der Waals surface area (Å²) < 4.78 is 43.5. The molecule has 2 aromatic rings. The molecule has 1 unspecified atom stereocenters. The molecule has 2 aromatic carbocycles. The van der Waals surface area contributed by atoms with Crippen LogP contribution in [0.1, 0.15) is 37.8 Å². The van der Waals surface area contributed by atoms with E-state index < -0.39 is 11.7 Å². The first-order valence-electron chi connectivity index (χ1n) is 7.53. The Morgan fingerprint density at radius 1 is 0.870 bits per heavy atom. The maximum atomic E-state index is 12.6. The third-order valence-corrected chi connectivity index (χ3v) is 3.85. The summed E-state index contributed by atoms with van der Waals surface area (Å²) in [4.78, 5) is 0. The van der Waals surface area contributed by atoms with E-state index in [9.17, 15) is 13.2 Å². The van der Waals surface area contributed by atoms with Gasteiger partial charge in [0.1, 0.15) is 5.75 Å². The average molecular weight is 322 g/mol. The van der Waals surface area contributed by atoms with E-state index in [4.69, 9.17) is 4.74 Å². The lowest BCUT2D eigenvalue weighted by molar-refractivity contribution is -0.137. The lowest BCUT2D eigenvalue weighted by Crippen LogP contribution is -2.24. The van der Waals surface area contributed by atoms with Crippen molar-refractivity contribution in [3.8, 4) is 5.75 Å². The van der Waals surface area contributed by atoms with E-state index in [1.54, 1.807) is 0 Å². The lowest BCUT2D eigenvalue weighted by Gasteiger charge is -2.31. The van der Waals surface area contributed by atoms with E-state index >= 15 is 0 Å². The Morgan fingerprint density at radius 2 is 1.43 bits per heavy atom. The first-order valence-corrected chi connectivity index (χ1v) is 7.53. The molecule has 0 aliphatic heterocycles. The maximum absolute atomic E-state index is 12.6. The molecule has 0 spiro atoms. The van der Waals surface area contributed by atoms with Crippen molar-refractivity contribution in [3.05, 3.63) is 65.7 Å². The third kappa shape index (κ3) is 4.75. The SMILES string of the molecule is CC(C)(C)C(COc1ccc(C(F)(F)F)cc1)c1ccccc1. The highest BCUT2D eigenvalue weighted by Gasteiger charge is 2.30. The number of hydrogen-bond donors (Lipinski definition) is 0. The molecule has 1 atom stereocenters. The molecule has 0 fully saturated rings. The van der Waals surface area contributed by atoms with Crippen LogP contribution in [-0.4, -0.2) is 6.61 Å². The highest BCUT2D eigenvalue weighted by atomic mass is 19.4. The van der Waals surface area contributed by atoms with Gasteiger partial charge in [0.25, 0.3) is 0 Å². The fraction of sp³-hybridized carbons (Fsp3) is 0.368. The Morgan fingerprint density at radius 3 is 1.91 bits per heavy atom. The van der Waals surface area contributed by atoms with Gasteiger partial charge >= 0.3 is 6.18 Å². The van der Waals surface area contributed by atoms with Crippen LogP contribution in [0, 0.1) is 5.41 Å². The number of hydrogen-bond acceptors (Lipinski definition) is 1. The van der Waals surface area contributed by atoms with E-state index in [0.717, 1.165) is 17.7 Å². The van der Waals surface area contributed by atoms with Gasteiger partial charge in [0.15, 0.2) is 0 Å². The zero-order chi connectivity index (χ0) is 17.1. The number of halogens is 3. The second-order valence-corrected chi connectivity index (χ2v) is 6.66. The Balaban J connectivity index is 2.10. The molecule has 0 amide bonds. The molecule has 0 N–H and O–H groups in total. The van der Waals surface area contributed by atoms with Crippen LogP contribution < -0.4 is 4.74 Å². The summed E-state index contributed by atoms with van der Waals surface area (Å²) in [6, 6.07) is 14.8. The predicted octanol–water partition coefficient (Wildman–Crippen LogP) is 5.91. The van der Waals surface area contributed by atoms with Crippen molar-refractivity contribution in [1.82, 2.24) is 0 Å². The van der Waals surface area contributed by atoms with Crippen molar-refractivity contribution in [2.24, 2.45) is 5.41 Å². The van der Waals surface area contributed by atoms with Crippen LogP contribution in [0.15, 0.2) is 54.6 Å². The molecule has 1 nitrogen and oxygen atoms in total. The number of ether oxygens (including phenoxy) is 1. The van der Waals surface area contributed by atoms with Crippen molar-refractivity contribution in [3.63, 3.8) is 0 Å². The number of benzene rings is 2. The van der Waals surface area contributed by atoms with E-state index in [0.29, 0.717) is 12.4 Å². The Kier molecular flexibility index (Phi) is 5.03. The second-order valence-electron chi connectivity index (χ2n) is 6.66. The van der Waals surface area contributed by atoms with Crippen LogP contribution in [0.4, 0.5) is 13.2 Å². The smallest absolute Gasteiger partial charge is 0.416 e. The topological polar surface area (TPSA) is 9.23 Å². The summed E-state index contributed by atoms with van der Waals surface area (Å²) in [7, 11) is 0. The zero-order valence-electron chi connectivity index (χ0n) is 13.5. The van der Waals surface area contributed by atoms with Crippen LogP contribution in [0.2, 0.25) is 0 Å². The van der Waals surface area contributed by atoms with Gasteiger partial charge in [-0.2, -0.15) is 13.2 Å². The highest BCUT2D eigenvalue weighted by molar-refractivity contribution is 5.29. The molecular weight excluding hydrogens is 301 g/mol. The van der Waals surface area contributed by atoms with Crippen LogP contribution in [0.3, 0.4) is 0 Å². The summed E-state index contributed by atoms with van der Waals surface area (Å²) in [6.07, 6.45) is -4.32. The molecule has 124 valence electrons. The molecule has 0 aliphatic rings. The summed E-state index contributed by atoms with van der Waals surface area (Å²) in [5.41, 5.74) is 0.472. The van der Waals surface area contributed by atoms with E-state index in [-0.39, 0.29) is 11.3 Å². The summed E-state index contributed by atoms with van der Waals surface area (Å²) in [6.45, 7) is 6.79. The fourth-order valence-corrected chi connectivity index (χ4v) is 2.45. The van der Waals surface area contributed by atoms with Crippen molar-refractivity contribution < 1.29 is 17.9 Å². The van der Waals surface area contributed by atoms with Crippen LogP contribution >= 0.6 is 0 Å². The highest BCUT2D eigenvalue weighted by Crippen LogP contribution is 2.36. The second kappa shape index (κ2) is 6.65. The van der Waals surface area contributed by atoms with Gasteiger partial charge in [-0.15, -0.1) is 0 Å². The molecule has 0 saturated carbocycles. The molecule has 0 bridgehead atoms. The largest absolute Gasteiger partial charge is 0.493 e. The zero-order valence-corrected chi connectivity index (χ0v) is 13.5. The van der Waals surface area contributed by atoms with E-state index in [2.05, 4.69) is 20.8 Å². The minimum atomic E-state index is -4.32. The van der Waals surface area contributed by atoms with Crippen LogP contribution in [0.5, 0.6) is 5.75 Å². The molecule has 0 radical (unpaired) electrons. The predicted molar refractivity (Wildman–Crippen MR) is 85.6 cm³/mol. The van der Waals surface area contributed by atoms with Gasteiger partial charge in [-0.1, -0.05) is 51.1 Å². The molecule has 0 saturated heterocycles. The van der Waals surface area contributed by atoms with Gasteiger partial charge in [0.05, 0.1) is 12.2 Å². The fourth-order valence-electron chi connectivity index (χ4n) is 2.45. The maximum Gasteiger partial charge on any atom is 0.416 e. The van der Waals surface area contributed by atoms with Gasteiger partial charge in [-0.25, -0.2) is 0 Å². The molecule has 2 rings (SSSR count). The van der Waals surface area contributed by atoms with Crippen LogP contribution in [-0.2, 0) is 6.18 Å². The first-order chi connectivity index (χ1) is 10.7. The first kappa shape index (κ1) is 17.4. The third-order valence-electron chi connectivity index (χ3n) is 3.85. The van der Waals surface area contributed by atoms with Crippen LogP contribution in [0.25, 0.3) is 0 Å². The van der Waals surface area contributed by atoms with E-state index in [1.165, 1.54) is 12.1 Å². The minimum Gasteiger partial charge on any atom is -0.493 e. The molecular formula is C19H21F3O. The Bertz CT molecular complexity index is 610. The van der Waals surface area contributed by atoms with Gasteiger partial charge < -0.3 is 4.74 Å². The monoisotopic (exact) mass is 322 g/mol. The normalized spacial score (nSPS) is 13.7. The molecule has 4 heteroatoms. The van der Waals surface area contributed by atoms with Gasteiger partial charge in [-0.05, 0) is 35.2 Å². The lowest BCUT2D eigenvalue weighted by atomic mass is 9.77. The van der Waals surface area contributed by atoms with Gasteiger partial charge in [-0.3, -0.25) is 0 Å². The Hall–Kier alpha value is -1.97. The quantitative estimate of drug-likeness (QED) is 0.679. The van der Waals surface area contributed by atoms with Crippen molar-refractivity contribution >= 4 is 0 Å². The Labute approximate surface area is 135 Å². The van der Waals surface area contributed by atoms with Crippen molar-refractivity contribution in [1.29, 1.82) is 0 Å². The van der Waals surface area contributed by atoms with E-state index in [1.807, 2.05) is 30.3 Å². The number of rotatable bonds is 4. The van der Waals surface area contributed by atoms with Crippen molar-refractivity contribution in [2.75, 3.05) is 6.61 Å². The molecule has 0 aliphatic carbocycles. The average Bonchev–Trinajstić information content (AvgIpc) is 2.47. The molecule has 23 heavy (non-hydrogen) atoms. The van der Waals surface area contributed by atoms with Gasteiger partial charge in [0.2, 0.25) is 0 Å². The molecule has 0 heterocycles. The minimum absolute atomic E-state index is 0.0206. The summed E-state index contributed by atoms with van der Waals surface area (Å²) in [5.74, 6) is 0.592. The van der Waals surface area contributed by atoms with Gasteiger partial charge in [0, 0.05) is 5.92 Å². The molecule has 0 aromatic heterocycles. The summed E-state index contributed by atoms with van der Waals surface area (Å²) >= 11 is 0. The number of alkyl halides is 3. The summed E-state index contributed by atoms with van der Waals surface area (Å²) in [5, 5.41) is 0. The van der Waals surface area contributed by atoms with Crippen molar-refractivity contribution in [2.45, 2.75) is 32.9 Å². The standard InChI is InChI=1S/C19H21F3O/c1-18(2,3)17(14-7-5-4-6-8-14)13-23-16-11-9-15(10-12-16)19(20,21)22/h4-12,17H,13H2,1-3H3.